The Morgan fingerprint density at radius 1 is 1.39 bits per heavy atom. The Balaban J connectivity index is 1.62. The van der Waals surface area contributed by atoms with Crippen molar-refractivity contribution in [1.29, 1.82) is 0 Å². The van der Waals surface area contributed by atoms with Gasteiger partial charge in [-0.05, 0) is 48.5 Å². The molecule has 1 aliphatic heterocycles. The average molecular weight is 363 g/mol. The lowest BCUT2D eigenvalue weighted by atomic mass is 10.1. The van der Waals surface area contributed by atoms with Gasteiger partial charge in [-0.25, -0.2) is 4.68 Å². The topological polar surface area (TPSA) is 63.1 Å². The Kier molecular flexibility index (Phi) is 5.36. The van der Waals surface area contributed by atoms with Crippen molar-refractivity contribution in [3.63, 3.8) is 0 Å². The molecule has 1 aromatic heterocycles. The summed E-state index contributed by atoms with van der Waals surface area (Å²) in [5.41, 5.74) is 0. The summed E-state index contributed by atoms with van der Waals surface area (Å²) in [6.45, 7) is 4.23. The number of aromatic nitrogens is 3. The number of carbonyl (C=O) groups excluding carboxylic acids is 1. The quantitative estimate of drug-likeness (QED) is 0.774. The maximum absolute atomic E-state index is 11.6. The molecule has 0 bridgehead atoms. The predicted molar refractivity (Wildman–Crippen MR) is 76.0 cm³/mol. The van der Waals surface area contributed by atoms with Crippen LogP contribution in [0.5, 0.6) is 0 Å². The number of halogens is 1. The fraction of sp³-hybridized carbons (Fsp3) is 0.727. The van der Waals surface area contributed by atoms with Crippen molar-refractivity contribution in [2.45, 2.75) is 25.8 Å². The van der Waals surface area contributed by atoms with Crippen LogP contribution in [0, 0.1) is 3.70 Å². The molecule has 100 valence electrons. The van der Waals surface area contributed by atoms with E-state index >= 15 is 0 Å². The van der Waals surface area contributed by atoms with E-state index in [9.17, 15) is 4.79 Å². The number of piperidine rings is 1. The van der Waals surface area contributed by atoms with E-state index < -0.39 is 0 Å². The third-order valence-electron chi connectivity index (χ3n) is 3.02. The maximum atomic E-state index is 11.6. The number of likely N-dealkylation sites (tertiary alicyclic amines) is 1. The van der Waals surface area contributed by atoms with Gasteiger partial charge in [-0.1, -0.05) is 11.6 Å². The molecule has 0 spiro atoms. The van der Waals surface area contributed by atoms with Crippen molar-refractivity contribution >= 4 is 28.5 Å². The number of hydrogen-bond acceptors (Lipinski definition) is 4. The molecule has 1 aliphatic rings. The molecule has 0 atom stereocenters. The molecule has 0 radical (unpaired) electrons. The van der Waals surface area contributed by atoms with Gasteiger partial charge >= 0.3 is 0 Å². The first-order chi connectivity index (χ1) is 8.74. The van der Waals surface area contributed by atoms with Gasteiger partial charge in [-0.2, -0.15) is 0 Å². The number of hydrogen-bond donors (Lipinski definition) is 1. The van der Waals surface area contributed by atoms with Crippen LogP contribution in [0.3, 0.4) is 0 Å². The van der Waals surface area contributed by atoms with E-state index in [0.717, 1.165) is 23.3 Å². The number of amides is 1. The molecule has 1 aromatic rings. The average Bonchev–Trinajstić information content (AvgIpc) is 2.76. The molecule has 7 heteroatoms. The molecule has 1 saturated heterocycles. The van der Waals surface area contributed by atoms with Crippen molar-refractivity contribution in [2.24, 2.45) is 0 Å². The fourth-order valence-corrected chi connectivity index (χ4v) is 2.51. The van der Waals surface area contributed by atoms with Gasteiger partial charge in [0, 0.05) is 13.1 Å². The Hall–Kier alpha value is -0.700. The summed E-state index contributed by atoms with van der Waals surface area (Å²) in [6, 6.07) is 0. The van der Waals surface area contributed by atoms with Gasteiger partial charge in [-0.3, -0.25) is 4.79 Å². The minimum Gasteiger partial charge on any atom is -0.353 e. The zero-order chi connectivity index (χ0) is 12.8. The molecule has 0 aliphatic carbocycles. The monoisotopic (exact) mass is 363 g/mol. The molecule has 1 fully saturated rings. The van der Waals surface area contributed by atoms with Crippen molar-refractivity contribution in [2.75, 3.05) is 26.2 Å². The van der Waals surface area contributed by atoms with Crippen LogP contribution >= 0.6 is 22.6 Å². The highest BCUT2D eigenvalue weighted by Crippen LogP contribution is 2.07. The molecular formula is C11H18IN5O. The van der Waals surface area contributed by atoms with Crippen LogP contribution in [0.2, 0.25) is 0 Å². The Morgan fingerprint density at radius 3 is 2.83 bits per heavy atom. The molecule has 1 N–H and O–H groups in total. The summed E-state index contributed by atoms with van der Waals surface area (Å²) < 4.78 is 2.35. The van der Waals surface area contributed by atoms with Crippen LogP contribution in [0.25, 0.3) is 0 Å². The zero-order valence-corrected chi connectivity index (χ0v) is 12.5. The first-order valence-electron chi connectivity index (χ1n) is 6.29. The van der Waals surface area contributed by atoms with Crippen molar-refractivity contribution in [3.05, 3.63) is 9.90 Å². The van der Waals surface area contributed by atoms with Crippen molar-refractivity contribution in [1.82, 2.24) is 25.2 Å². The molecule has 6 nitrogen and oxygen atoms in total. The predicted octanol–water partition coefficient (Wildman–Crippen LogP) is 0.485. The number of carbonyl (C=O) groups is 1. The van der Waals surface area contributed by atoms with Gasteiger partial charge < -0.3 is 10.2 Å². The first kappa shape index (κ1) is 13.7. The normalized spacial score (nSPS) is 16.7. The lowest BCUT2D eigenvalue weighted by Gasteiger charge is -2.26. The number of nitrogens with zero attached hydrogens (tertiary/aromatic N) is 4. The second kappa shape index (κ2) is 7.03. The number of rotatable bonds is 5. The van der Waals surface area contributed by atoms with Crippen molar-refractivity contribution < 1.29 is 4.79 Å². The van der Waals surface area contributed by atoms with E-state index in [1.54, 1.807) is 10.9 Å². The number of nitrogens with one attached hydrogen (secondary N) is 1. The van der Waals surface area contributed by atoms with Gasteiger partial charge in [0.1, 0.15) is 10.2 Å². The molecule has 2 rings (SSSR count). The van der Waals surface area contributed by atoms with E-state index in [2.05, 4.69) is 43.1 Å². The van der Waals surface area contributed by atoms with Gasteiger partial charge in [-0.15, -0.1) is 5.10 Å². The van der Waals surface area contributed by atoms with Gasteiger partial charge in [0.05, 0.1) is 6.20 Å². The van der Waals surface area contributed by atoms with E-state index in [-0.39, 0.29) is 12.5 Å². The van der Waals surface area contributed by atoms with Gasteiger partial charge in [0.25, 0.3) is 0 Å². The second-order valence-corrected chi connectivity index (χ2v) is 5.60. The smallest absolute Gasteiger partial charge is 0.241 e. The first-order valence-corrected chi connectivity index (χ1v) is 7.36. The maximum Gasteiger partial charge on any atom is 0.241 e. The van der Waals surface area contributed by atoms with Crippen LogP contribution in [-0.2, 0) is 11.3 Å². The largest absolute Gasteiger partial charge is 0.353 e. The third kappa shape index (κ3) is 4.52. The Morgan fingerprint density at radius 2 is 2.17 bits per heavy atom. The van der Waals surface area contributed by atoms with Crippen LogP contribution in [0.1, 0.15) is 19.3 Å². The zero-order valence-electron chi connectivity index (χ0n) is 10.3. The SMILES string of the molecule is O=C(Cn1cc(I)nn1)NCCN1CCCCC1. The minimum atomic E-state index is -0.00619. The molecule has 18 heavy (non-hydrogen) atoms. The molecule has 1 amide bonds. The van der Waals surface area contributed by atoms with Crippen LogP contribution in [0.4, 0.5) is 0 Å². The molecule has 0 aromatic carbocycles. The van der Waals surface area contributed by atoms with Crippen LogP contribution in [0.15, 0.2) is 6.20 Å². The summed E-state index contributed by atoms with van der Waals surface area (Å²) >= 11 is 2.07. The molecule has 2 heterocycles. The van der Waals surface area contributed by atoms with E-state index in [4.69, 9.17) is 0 Å². The van der Waals surface area contributed by atoms with E-state index in [0.29, 0.717) is 6.54 Å². The lowest BCUT2D eigenvalue weighted by Crippen LogP contribution is -2.38. The third-order valence-corrected chi connectivity index (χ3v) is 3.51. The van der Waals surface area contributed by atoms with E-state index in [1.807, 2.05) is 0 Å². The van der Waals surface area contributed by atoms with Crippen molar-refractivity contribution in [3.8, 4) is 0 Å². The Labute approximate surface area is 120 Å². The van der Waals surface area contributed by atoms with E-state index in [1.165, 1.54) is 19.3 Å². The standard InChI is InChI=1S/C11H18IN5O/c12-10-8-17(15-14-10)9-11(18)13-4-7-16-5-2-1-3-6-16/h8H,1-7,9H2,(H,13,18). The fourth-order valence-electron chi connectivity index (χ4n) is 2.09. The Bertz CT molecular complexity index is 389. The molecule has 0 unspecified atom stereocenters. The summed E-state index contributed by atoms with van der Waals surface area (Å²) in [4.78, 5) is 14.0. The molecule has 0 saturated carbocycles. The highest BCUT2D eigenvalue weighted by molar-refractivity contribution is 14.1. The second-order valence-electron chi connectivity index (χ2n) is 4.49. The van der Waals surface area contributed by atoms with Crippen LogP contribution in [-0.4, -0.2) is 52.0 Å². The summed E-state index contributed by atoms with van der Waals surface area (Å²) in [5, 5.41) is 10.6. The summed E-state index contributed by atoms with van der Waals surface area (Å²) in [6.07, 6.45) is 5.66. The summed E-state index contributed by atoms with van der Waals surface area (Å²) in [5.74, 6) is -0.00619. The highest BCUT2D eigenvalue weighted by Gasteiger charge is 2.10. The highest BCUT2D eigenvalue weighted by atomic mass is 127. The minimum absolute atomic E-state index is 0.00619. The summed E-state index contributed by atoms with van der Waals surface area (Å²) in [7, 11) is 0. The van der Waals surface area contributed by atoms with Gasteiger partial charge in [0.2, 0.25) is 5.91 Å². The molecular weight excluding hydrogens is 345 g/mol. The lowest BCUT2D eigenvalue weighted by molar-refractivity contribution is -0.121. The van der Waals surface area contributed by atoms with Gasteiger partial charge in [0.15, 0.2) is 0 Å². The van der Waals surface area contributed by atoms with Crippen LogP contribution < -0.4 is 5.32 Å².